The summed E-state index contributed by atoms with van der Waals surface area (Å²) in [5, 5.41) is 2.48. The summed E-state index contributed by atoms with van der Waals surface area (Å²) in [4.78, 5) is 35.6. The molecule has 6 nitrogen and oxygen atoms in total. The molecule has 0 radical (unpaired) electrons. The molecule has 2 rings (SSSR count). The summed E-state index contributed by atoms with van der Waals surface area (Å²) in [5.41, 5.74) is 8.27. The molecule has 1 atom stereocenters. The maximum Gasteiger partial charge on any atom is 0.326 e. The number of ether oxygens (including phenoxy) is 1. The molecule has 1 unspecified atom stereocenters. The number of aryl methyl sites for hydroxylation is 2. The number of hydrogen-bond donors (Lipinski definition) is 2. The number of amides is 2. The van der Waals surface area contributed by atoms with Crippen molar-refractivity contribution >= 4 is 17.8 Å². The summed E-state index contributed by atoms with van der Waals surface area (Å²) in [6, 6.07) is 13.7. The molecule has 0 heterocycles. The van der Waals surface area contributed by atoms with Crippen molar-refractivity contribution < 1.29 is 19.1 Å². The lowest BCUT2D eigenvalue weighted by Crippen LogP contribution is -2.34. The van der Waals surface area contributed by atoms with Crippen molar-refractivity contribution in [2.75, 3.05) is 6.54 Å². The monoisotopic (exact) mass is 340 g/mol. The van der Waals surface area contributed by atoms with Crippen LogP contribution in [-0.2, 0) is 14.3 Å². The number of primary amides is 1. The van der Waals surface area contributed by atoms with Crippen molar-refractivity contribution in [3.05, 3.63) is 70.8 Å². The van der Waals surface area contributed by atoms with Crippen molar-refractivity contribution in [1.82, 2.24) is 5.32 Å². The Morgan fingerprint density at radius 2 is 1.72 bits per heavy atom. The van der Waals surface area contributed by atoms with Crippen molar-refractivity contribution in [3.8, 4) is 0 Å². The minimum Gasteiger partial charge on any atom is -0.446 e. The topological polar surface area (TPSA) is 98.5 Å². The van der Waals surface area contributed by atoms with Crippen LogP contribution in [0.4, 0.5) is 0 Å². The average molecular weight is 340 g/mol. The van der Waals surface area contributed by atoms with Gasteiger partial charge in [0.1, 0.15) is 6.54 Å². The Morgan fingerprint density at radius 1 is 1.04 bits per heavy atom. The number of carbonyl (C=O) groups excluding carboxylic acids is 3. The molecule has 6 heteroatoms. The number of nitrogens with two attached hydrogens (primary N) is 1. The molecular formula is C19H20N2O4. The fraction of sp³-hybridized carbons (Fsp3) is 0.211. The molecule has 0 aliphatic carbocycles. The second kappa shape index (κ2) is 8.10. The summed E-state index contributed by atoms with van der Waals surface area (Å²) < 4.78 is 5.10. The summed E-state index contributed by atoms with van der Waals surface area (Å²) in [6.07, 6.45) is -1.19. The van der Waals surface area contributed by atoms with E-state index in [-0.39, 0.29) is 6.54 Å². The quantitative estimate of drug-likeness (QED) is 0.783. The maximum absolute atomic E-state index is 12.1. The first-order chi connectivity index (χ1) is 11.9. The van der Waals surface area contributed by atoms with E-state index in [1.165, 1.54) is 0 Å². The number of nitrogens with one attached hydrogen (secondary N) is 1. The molecule has 0 fully saturated rings. The van der Waals surface area contributed by atoms with Gasteiger partial charge in [-0.15, -0.1) is 0 Å². The van der Waals surface area contributed by atoms with Crippen LogP contribution >= 0.6 is 0 Å². The molecule has 0 saturated carbocycles. The predicted molar refractivity (Wildman–Crippen MR) is 92.7 cm³/mol. The number of hydrogen-bond acceptors (Lipinski definition) is 4. The molecule has 2 aromatic rings. The van der Waals surface area contributed by atoms with Crippen molar-refractivity contribution in [2.24, 2.45) is 5.73 Å². The third-order valence-electron chi connectivity index (χ3n) is 3.77. The van der Waals surface area contributed by atoms with E-state index in [0.29, 0.717) is 11.1 Å². The minimum absolute atomic E-state index is 0.359. The summed E-state index contributed by atoms with van der Waals surface area (Å²) in [5.74, 6) is -1.92. The van der Waals surface area contributed by atoms with Crippen LogP contribution in [0.1, 0.15) is 33.2 Å². The lowest BCUT2D eigenvalue weighted by molar-refractivity contribution is -0.154. The van der Waals surface area contributed by atoms with Gasteiger partial charge in [-0.3, -0.25) is 14.4 Å². The highest BCUT2D eigenvalue weighted by Gasteiger charge is 2.22. The molecule has 0 aliphatic rings. The number of carbonyl (C=O) groups is 3. The molecule has 2 aromatic carbocycles. The molecule has 0 spiro atoms. The minimum atomic E-state index is -1.19. The summed E-state index contributed by atoms with van der Waals surface area (Å²) in [6.45, 7) is 3.49. The third-order valence-corrected chi connectivity index (χ3v) is 3.77. The Kier molecular flexibility index (Phi) is 5.89. The third kappa shape index (κ3) is 4.91. The van der Waals surface area contributed by atoms with Crippen LogP contribution in [-0.4, -0.2) is 24.3 Å². The SMILES string of the molecule is Cc1ccc(C(=O)NCC(=O)OC(C(N)=O)c2ccccc2)cc1C. The van der Waals surface area contributed by atoms with E-state index < -0.39 is 23.9 Å². The molecule has 2 amide bonds. The maximum atomic E-state index is 12.1. The fourth-order valence-corrected chi connectivity index (χ4v) is 2.23. The summed E-state index contributed by atoms with van der Waals surface area (Å²) >= 11 is 0. The number of esters is 1. The van der Waals surface area contributed by atoms with Gasteiger partial charge in [-0.2, -0.15) is 0 Å². The highest BCUT2D eigenvalue weighted by atomic mass is 16.5. The zero-order valence-corrected chi connectivity index (χ0v) is 14.1. The fourth-order valence-electron chi connectivity index (χ4n) is 2.23. The molecular weight excluding hydrogens is 320 g/mol. The van der Waals surface area contributed by atoms with Crippen molar-refractivity contribution in [2.45, 2.75) is 20.0 Å². The highest BCUT2D eigenvalue weighted by molar-refractivity contribution is 5.96. The molecule has 0 saturated heterocycles. The Labute approximate surface area is 146 Å². The van der Waals surface area contributed by atoms with Crippen LogP contribution < -0.4 is 11.1 Å². The van der Waals surface area contributed by atoms with Crippen LogP contribution in [0.3, 0.4) is 0 Å². The van der Waals surface area contributed by atoms with Gasteiger partial charge in [-0.1, -0.05) is 36.4 Å². The second-order valence-electron chi connectivity index (χ2n) is 5.66. The van der Waals surface area contributed by atoms with Gasteiger partial charge in [0.15, 0.2) is 0 Å². The number of rotatable bonds is 6. The van der Waals surface area contributed by atoms with Gasteiger partial charge in [0.2, 0.25) is 6.10 Å². The molecule has 130 valence electrons. The van der Waals surface area contributed by atoms with Crippen LogP contribution in [0.2, 0.25) is 0 Å². The molecule has 0 bridgehead atoms. The van der Waals surface area contributed by atoms with Gasteiger partial charge in [0, 0.05) is 11.1 Å². The standard InChI is InChI=1S/C19H20N2O4/c1-12-8-9-15(10-13(12)2)19(24)21-11-16(22)25-17(18(20)23)14-6-4-3-5-7-14/h3-10,17H,11H2,1-2H3,(H2,20,23)(H,21,24). The molecule has 0 aliphatic heterocycles. The normalized spacial score (nSPS) is 11.4. The van der Waals surface area contributed by atoms with Crippen molar-refractivity contribution in [3.63, 3.8) is 0 Å². The van der Waals surface area contributed by atoms with Crippen LogP contribution in [0.25, 0.3) is 0 Å². The van der Waals surface area contributed by atoms with E-state index in [1.54, 1.807) is 42.5 Å². The first kappa shape index (κ1) is 18.2. The smallest absolute Gasteiger partial charge is 0.326 e. The zero-order chi connectivity index (χ0) is 18.4. The van der Waals surface area contributed by atoms with Gasteiger partial charge in [0.25, 0.3) is 11.8 Å². The Morgan fingerprint density at radius 3 is 2.32 bits per heavy atom. The molecule has 0 aromatic heterocycles. The Balaban J connectivity index is 1.96. The van der Waals surface area contributed by atoms with Crippen LogP contribution in [0, 0.1) is 13.8 Å². The lowest BCUT2D eigenvalue weighted by Gasteiger charge is -2.15. The first-order valence-electron chi connectivity index (χ1n) is 7.77. The summed E-state index contributed by atoms with van der Waals surface area (Å²) in [7, 11) is 0. The van der Waals surface area contributed by atoms with Crippen LogP contribution in [0.15, 0.2) is 48.5 Å². The second-order valence-corrected chi connectivity index (χ2v) is 5.66. The Hall–Kier alpha value is -3.15. The van der Waals surface area contributed by atoms with Gasteiger partial charge >= 0.3 is 5.97 Å². The average Bonchev–Trinajstić information content (AvgIpc) is 2.60. The van der Waals surface area contributed by atoms with Gasteiger partial charge in [-0.05, 0) is 37.1 Å². The van der Waals surface area contributed by atoms with Gasteiger partial charge in [0.05, 0.1) is 0 Å². The lowest BCUT2D eigenvalue weighted by atomic mass is 10.1. The van der Waals surface area contributed by atoms with Gasteiger partial charge in [-0.25, -0.2) is 0 Å². The van der Waals surface area contributed by atoms with Crippen molar-refractivity contribution in [1.29, 1.82) is 0 Å². The zero-order valence-electron chi connectivity index (χ0n) is 14.1. The molecule has 3 N–H and O–H groups in total. The number of benzene rings is 2. The first-order valence-corrected chi connectivity index (χ1v) is 7.77. The Bertz CT molecular complexity index is 787. The predicted octanol–water partition coefficient (Wildman–Crippen LogP) is 1.80. The van der Waals surface area contributed by atoms with E-state index in [0.717, 1.165) is 11.1 Å². The van der Waals surface area contributed by atoms with Gasteiger partial charge < -0.3 is 15.8 Å². The van der Waals surface area contributed by atoms with E-state index in [4.69, 9.17) is 10.5 Å². The molecule has 25 heavy (non-hydrogen) atoms. The largest absolute Gasteiger partial charge is 0.446 e. The van der Waals surface area contributed by atoms with Crippen LogP contribution in [0.5, 0.6) is 0 Å². The highest BCUT2D eigenvalue weighted by Crippen LogP contribution is 2.16. The van der Waals surface area contributed by atoms with E-state index in [1.807, 2.05) is 19.9 Å². The van der Waals surface area contributed by atoms with E-state index >= 15 is 0 Å². The van der Waals surface area contributed by atoms with E-state index in [2.05, 4.69) is 5.32 Å². The van der Waals surface area contributed by atoms with E-state index in [9.17, 15) is 14.4 Å².